The lowest BCUT2D eigenvalue weighted by Crippen LogP contribution is -2.16. The van der Waals surface area contributed by atoms with Gasteiger partial charge in [-0.05, 0) is 54.7 Å². The van der Waals surface area contributed by atoms with E-state index in [1.807, 2.05) is 0 Å². The van der Waals surface area contributed by atoms with Gasteiger partial charge < -0.3 is 10.2 Å². The van der Waals surface area contributed by atoms with Gasteiger partial charge in [-0.2, -0.15) is 0 Å². The van der Waals surface area contributed by atoms with E-state index in [1.54, 1.807) is 0 Å². The molecule has 19 heavy (non-hydrogen) atoms. The Morgan fingerprint density at radius 2 is 1.89 bits per heavy atom. The van der Waals surface area contributed by atoms with E-state index in [0.717, 1.165) is 19.5 Å². The smallest absolute Gasteiger partial charge is 0.0444 e. The number of rotatable bonds is 1. The predicted molar refractivity (Wildman–Crippen MR) is 80.4 cm³/mol. The average molecular weight is 250 g/mol. The van der Waals surface area contributed by atoms with Gasteiger partial charge in [0.25, 0.3) is 0 Å². The standard InChI is InChI=1S/C17H18N2/c1-2-6-17-13(4-1)9-11-19(17)15-7-8-16-14(12-15)5-3-10-18-16/h1-2,4,6-8,12,18H,3,5,9-11H2. The van der Waals surface area contributed by atoms with Crippen LogP contribution < -0.4 is 10.2 Å². The summed E-state index contributed by atoms with van der Waals surface area (Å²) in [6, 6.07) is 15.6. The van der Waals surface area contributed by atoms with Gasteiger partial charge in [0.2, 0.25) is 0 Å². The Morgan fingerprint density at radius 3 is 2.89 bits per heavy atom. The van der Waals surface area contributed by atoms with Gasteiger partial charge in [0, 0.05) is 30.2 Å². The molecule has 2 aliphatic rings. The highest BCUT2D eigenvalue weighted by atomic mass is 15.2. The molecule has 0 atom stereocenters. The number of para-hydroxylation sites is 1. The fraction of sp³-hybridized carbons (Fsp3) is 0.294. The van der Waals surface area contributed by atoms with Crippen molar-refractivity contribution >= 4 is 17.1 Å². The number of anilines is 3. The van der Waals surface area contributed by atoms with Gasteiger partial charge in [-0.15, -0.1) is 0 Å². The minimum Gasteiger partial charge on any atom is -0.385 e. The van der Waals surface area contributed by atoms with Crippen LogP contribution in [0.2, 0.25) is 0 Å². The summed E-state index contributed by atoms with van der Waals surface area (Å²) in [6.45, 7) is 2.21. The fourth-order valence-electron chi connectivity index (χ4n) is 3.24. The zero-order valence-corrected chi connectivity index (χ0v) is 11.0. The monoisotopic (exact) mass is 250 g/mol. The number of nitrogens with one attached hydrogen (secondary N) is 1. The largest absolute Gasteiger partial charge is 0.385 e. The second kappa shape index (κ2) is 4.30. The van der Waals surface area contributed by atoms with Gasteiger partial charge in [-0.25, -0.2) is 0 Å². The third-order valence-electron chi connectivity index (χ3n) is 4.23. The first-order valence-electron chi connectivity index (χ1n) is 7.14. The molecule has 4 rings (SSSR count). The van der Waals surface area contributed by atoms with Crippen LogP contribution in [-0.4, -0.2) is 13.1 Å². The summed E-state index contributed by atoms with van der Waals surface area (Å²) in [5.74, 6) is 0. The lowest BCUT2D eigenvalue weighted by atomic mass is 10.0. The normalized spacial score (nSPS) is 16.7. The maximum atomic E-state index is 3.48. The summed E-state index contributed by atoms with van der Waals surface area (Å²) < 4.78 is 0. The highest BCUT2D eigenvalue weighted by Crippen LogP contribution is 2.36. The summed E-state index contributed by atoms with van der Waals surface area (Å²) in [7, 11) is 0. The van der Waals surface area contributed by atoms with E-state index in [-0.39, 0.29) is 0 Å². The number of aryl methyl sites for hydroxylation is 1. The molecule has 2 aromatic rings. The van der Waals surface area contributed by atoms with Crippen LogP contribution in [0, 0.1) is 0 Å². The van der Waals surface area contributed by atoms with Crippen molar-refractivity contribution in [3.05, 3.63) is 53.6 Å². The molecule has 0 bridgehead atoms. The third-order valence-corrected chi connectivity index (χ3v) is 4.23. The molecule has 96 valence electrons. The van der Waals surface area contributed by atoms with Crippen LogP contribution in [0.1, 0.15) is 17.5 Å². The molecule has 0 unspecified atom stereocenters. The molecule has 0 fully saturated rings. The van der Waals surface area contributed by atoms with Crippen LogP contribution in [0.4, 0.5) is 17.1 Å². The van der Waals surface area contributed by atoms with Gasteiger partial charge in [-0.3, -0.25) is 0 Å². The van der Waals surface area contributed by atoms with Crippen molar-refractivity contribution in [3.63, 3.8) is 0 Å². The number of hydrogen-bond acceptors (Lipinski definition) is 2. The SMILES string of the molecule is c1ccc2c(c1)CCN2c1ccc2c(c1)CCCN2. The van der Waals surface area contributed by atoms with Crippen molar-refractivity contribution in [2.45, 2.75) is 19.3 Å². The highest BCUT2D eigenvalue weighted by molar-refractivity contribution is 5.72. The van der Waals surface area contributed by atoms with Crippen molar-refractivity contribution < 1.29 is 0 Å². The van der Waals surface area contributed by atoms with Crippen molar-refractivity contribution in [2.24, 2.45) is 0 Å². The average Bonchev–Trinajstić information content (AvgIpc) is 2.91. The zero-order chi connectivity index (χ0) is 12.7. The van der Waals surface area contributed by atoms with E-state index in [2.05, 4.69) is 52.7 Å². The molecule has 0 saturated heterocycles. The number of benzene rings is 2. The molecule has 0 aromatic heterocycles. The molecular formula is C17H18N2. The molecule has 2 heteroatoms. The van der Waals surface area contributed by atoms with E-state index >= 15 is 0 Å². The Hall–Kier alpha value is -1.96. The summed E-state index contributed by atoms with van der Waals surface area (Å²) in [4.78, 5) is 2.45. The summed E-state index contributed by atoms with van der Waals surface area (Å²) >= 11 is 0. The summed E-state index contributed by atoms with van der Waals surface area (Å²) in [5, 5.41) is 3.48. The predicted octanol–water partition coefficient (Wildman–Crippen LogP) is 3.74. The molecule has 0 radical (unpaired) electrons. The van der Waals surface area contributed by atoms with Crippen LogP contribution in [0.3, 0.4) is 0 Å². The molecule has 0 amide bonds. The van der Waals surface area contributed by atoms with Crippen molar-refractivity contribution in [3.8, 4) is 0 Å². The first-order valence-corrected chi connectivity index (χ1v) is 7.14. The Balaban J connectivity index is 1.74. The van der Waals surface area contributed by atoms with Crippen LogP contribution in [-0.2, 0) is 12.8 Å². The molecule has 0 aliphatic carbocycles. The van der Waals surface area contributed by atoms with E-state index in [9.17, 15) is 0 Å². The molecule has 0 saturated carbocycles. The van der Waals surface area contributed by atoms with Crippen molar-refractivity contribution in [1.29, 1.82) is 0 Å². The molecule has 2 aliphatic heterocycles. The third kappa shape index (κ3) is 1.79. The zero-order valence-electron chi connectivity index (χ0n) is 11.0. The van der Waals surface area contributed by atoms with Crippen LogP contribution in [0.25, 0.3) is 0 Å². The lowest BCUT2D eigenvalue weighted by Gasteiger charge is -2.24. The fourth-order valence-corrected chi connectivity index (χ4v) is 3.24. The molecule has 1 N–H and O–H groups in total. The lowest BCUT2D eigenvalue weighted by molar-refractivity contribution is 0.829. The van der Waals surface area contributed by atoms with Crippen molar-refractivity contribution in [2.75, 3.05) is 23.3 Å². The Kier molecular flexibility index (Phi) is 2.47. The van der Waals surface area contributed by atoms with Gasteiger partial charge in [0.1, 0.15) is 0 Å². The van der Waals surface area contributed by atoms with Gasteiger partial charge in [0.05, 0.1) is 0 Å². The highest BCUT2D eigenvalue weighted by Gasteiger charge is 2.20. The van der Waals surface area contributed by atoms with Crippen LogP contribution in [0.15, 0.2) is 42.5 Å². The number of fused-ring (bicyclic) bond motifs is 2. The minimum absolute atomic E-state index is 1.10. The topological polar surface area (TPSA) is 15.3 Å². The van der Waals surface area contributed by atoms with E-state index in [1.165, 1.54) is 41.0 Å². The summed E-state index contributed by atoms with van der Waals surface area (Å²) in [5.41, 5.74) is 6.98. The van der Waals surface area contributed by atoms with Crippen molar-refractivity contribution in [1.82, 2.24) is 0 Å². The van der Waals surface area contributed by atoms with E-state index in [4.69, 9.17) is 0 Å². The Labute approximate surface area is 114 Å². The minimum atomic E-state index is 1.10. The molecule has 0 spiro atoms. The Bertz CT molecular complexity index is 618. The van der Waals surface area contributed by atoms with Crippen LogP contribution in [0.5, 0.6) is 0 Å². The maximum Gasteiger partial charge on any atom is 0.0444 e. The van der Waals surface area contributed by atoms with E-state index < -0.39 is 0 Å². The second-order valence-electron chi connectivity index (χ2n) is 5.40. The maximum absolute atomic E-state index is 3.48. The second-order valence-corrected chi connectivity index (χ2v) is 5.40. The van der Waals surface area contributed by atoms with Gasteiger partial charge in [-0.1, -0.05) is 18.2 Å². The molecule has 2 nitrogen and oxygen atoms in total. The Morgan fingerprint density at radius 1 is 0.947 bits per heavy atom. The first kappa shape index (κ1) is 10.9. The first-order chi connectivity index (χ1) is 9.42. The van der Waals surface area contributed by atoms with E-state index in [0.29, 0.717) is 0 Å². The number of hydrogen-bond donors (Lipinski definition) is 1. The quantitative estimate of drug-likeness (QED) is 0.829. The molecule has 2 aromatic carbocycles. The van der Waals surface area contributed by atoms with Gasteiger partial charge in [0.15, 0.2) is 0 Å². The van der Waals surface area contributed by atoms with Crippen LogP contribution >= 0.6 is 0 Å². The molecular weight excluding hydrogens is 232 g/mol. The summed E-state index contributed by atoms with van der Waals surface area (Å²) in [6.07, 6.45) is 3.60. The molecule has 2 heterocycles. The van der Waals surface area contributed by atoms with Gasteiger partial charge >= 0.3 is 0 Å². The number of nitrogens with zero attached hydrogens (tertiary/aromatic N) is 1.